The number of halogens is 2. The van der Waals surface area contributed by atoms with Crippen molar-refractivity contribution in [3.05, 3.63) is 28.5 Å². The number of carbonyl (C=O) groups excluding carboxylic acids is 2. The van der Waals surface area contributed by atoms with E-state index in [2.05, 4.69) is 21.2 Å². The van der Waals surface area contributed by atoms with Crippen molar-refractivity contribution in [1.82, 2.24) is 4.90 Å². The lowest BCUT2D eigenvalue weighted by Crippen LogP contribution is -2.47. The fourth-order valence-electron chi connectivity index (χ4n) is 2.68. The number of rotatable bonds is 4. The molecular formula is C16H20BrFN2O3. The molecule has 1 heterocycles. The van der Waals surface area contributed by atoms with Crippen molar-refractivity contribution in [3.63, 3.8) is 0 Å². The molecule has 5 nitrogen and oxygen atoms in total. The van der Waals surface area contributed by atoms with E-state index in [9.17, 15) is 14.0 Å². The molecule has 1 fully saturated rings. The second-order valence-corrected chi connectivity index (χ2v) is 6.54. The van der Waals surface area contributed by atoms with Crippen LogP contribution in [0.1, 0.15) is 19.8 Å². The van der Waals surface area contributed by atoms with Crippen LogP contribution in [0.3, 0.4) is 0 Å². The fraction of sp³-hybridized carbons (Fsp3) is 0.500. The maximum Gasteiger partial charge on any atom is 0.308 e. The van der Waals surface area contributed by atoms with Gasteiger partial charge in [-0.1, -0.05) is 15.9 Å². The van der Waals surface area contributed by atoms with Crippen LogP contribution >= 0.6 is 15.9 Å². The lowest BCUT2D eigenvalue weighted by atomic mass is 9.96. The number of esters is 1. The average molecular weight is 387 g/mol. The number of nitrogens with one attached hydrogen (secondary N) is 1. The largest absolute Gasteiger partial charge is 0.469 e. The fourth-order valence-corrected chi connectivity index (χ4v) is 3.02. The van der Waals surface area contributed by atoms with Crippen LogP contribution in [0, 0.1) is 11.7 Å². The molecular weight excluding hydrogens is 367 g/mol. The molecule has 0 aliphatic carbocycles. The van der Waals surface area contributed by atoms with Gasteiger partial charge in [0.1, 0.15) is 5.82 Å². The summed E-state index contributed by atoms with van der Waals surface area (Å²) in [6.07, 6.45) is 1.33. The molecule has 0 aromatic heterocycles. The molecule has 0 spiro atoms. The van der Waals surface area contributed by atoms with Crippen LogP contribution in [-0.2, 0) is 14.3 Å². The highest BCUT2D eigenvalue weighted by Gasteiger charge is 2.30. The van der Waals surface area contributed by atoms with E-state index >= 15 is 0 Å². The quantitative estimate of drug-likeness (QED) is 0.808. The smallest absolute Gasteiger partial charge is 0.308 e. The average Bonchev–Trinajstić information content (AvgIpc) is 2.56. The van der Waals surface area contributed by atoms with Gasteiger partial charge in [-0.3, -0.25) is 14.5 Å². The van der Waals surface area contributed by atoms with E-state index < -0.39 is 11.9 Å². The zero-order valence-electron chi connectivity index (χ0n) is 13.1. The van der Waals surface area contributed by atoms with E-state index in [0.717, 1.165) is 0 Å². The number of piperidine rings is 1. The van der Waals surface area contributed by atoms with E-state index in [0.29, 0.717) is 30.4 Å². The van der Waals surface area contributed by atoms with Gasteiger partial charge in [0.2, 0.25) is 5.91 Å². The van der Waals surface area contributed by atoms with Gasteiger partial charge in [-0.25, -0.2) is 4.39 Å². The number of nitrogens with zero attached hydrogens (tertiary/aromatic N) is 1. The highest BCUT2D eigenvalue weighted by Crippen LogP contribution is 2.22. The molecule has 0 bridgehead atoms. The molecule has 1 aliphatic rings. The zero-order chi connectivity index (χ0) is 17.0. The van der Waals surface area contributed by atoms with Crippen LogP contribution in [0.4, 0.5) is 10.1 Å². The summed E-state index contributed by atoms with van der Waals surface area (Å²) in [5.74, 6) is -1.04. The Morgan fingerprint density at radius 3 is 2.61 bits per heavy atom. The third kappa shape index (κ3) is 4.51. The molecule has 7 heteroatoms. The van der Waals surface area contributed by atoms with Gasteiger partial charge in [0.15, 0.2) is 0 Å². The van der Waals surface area contributed by atoms with Crippen molar-refractivity contribution in [1.29, 1.82) is 0 Å². The van der Waals surface area contributed by atoms with Gasteiger partial charge in [-0.2, -0.15) is 0 Å². The first-order chi connectivity index (χ1) is 10.9. The van der Waals surface area contributed by atoms with Gasteiger partial charge in [0.25, 0.3) is 0 Å². The Morgan fingerprint density at radius 1 is 1.39 bits per heavy atom. The van der Waals surface area contributed by atoms with E-state index in [1.54, 1.807) is 13.0 Å². The van der Waals surface area contributed by atoms with Crippen molar-refractivity contribution in [3.8, 4) is 0 Å². The number of hydrogen-bond donors (Lipinski definition) is 1. The molecule has 2 rings (SSSR count). The minimum Gasteiger partial charge on any atom is -0.469 e. The van der Waals surface area contributed by atoms with Gasteiger partial charge in [-0.15, -0.1) is 0 Å². The maximum atomic E-state index is 13.8. The highest BCUT2D eigenvalue weighted by atomic mass is 79.9. The highest BCUT2D eigenvalue weighted by molar-refractivity contribution is 9.10. The number of anilines is 1. The summed E-state index contributed by atoms with van der Waals surface area (Å²) in [6.45, 7) is 3.05. The molecule has 126 valence electrons. The SMILES string of the molecule is COC(=O)C1CCN(C(C)C(=O)Nc2ccc(Br)cc2F)CC1. The number of carbonyl (C=O) groups is 2. The summed E-state index contributed by atoms with van der Waals surface area (Å²) in [6, 6.07) is 4.11. The van der Waals surface area contributed by atoms with Crippen LogP contribution in [0.5, 0.6) is 0 Å². The molecule has 1 saturated heterocycles. The monoisotopic (exact) mass is 386 g/mol. The summed E-state index contributed by atoms with van der Waals surface area (Å²) in [5, 5.41) is 2.61. The molecule has 1 amide bonds. The lowest BCUT2D eigenvalue weighted by Gasteiger charge is -2.34. The zero-order valence-corrected chi connectivity index (χ0v) is 14.7. The van der Waals surface area contributed by atoms with Crippen LogP contribution in [0.15, 0.2) is 22.7 Å². The van der Waals surface area contributed by atoms with E-state index in [4.69, 9.17) is 4.74 Å². The minimum absolute atomic E-state index is 0.101. The lowest BCUT2D eigenvalue weighted by molar-refractivity contribution is -0.147. The summed E-state index contributed by atoms with van der Waals surface area (Å²) < 4.78 is 19.2. The van der Waals surface area contributed by atoms with E-state index in [1.165, 1.54) is 19.2 Å². The third-order valence-electron chi connectivity index (χ3n) is 4.18. The van der Waals surface area contributed by atoms with Crippen LogP contribution in [0.2, 0.25) is 0 Å². The summed E-state index contributed by atoms with van der Waals surface area (Å²) in [7, 11) is 1.39. The van der Waals surface area contributed by atoms with Crippen LogP contribution < -0.4 is 5.32 Å². The summed E-state index contributed by atoms with van der Waals surface area (Å²) >= 11 is 3.18. The molecule has 1 N–H and O–H groups in total. The Balaban J connectivity index is 1.92. The van der Waals surface area contributed by atoms with Gasteiger partial charge >= 0.3 is 5.97 Å². The van der Waals surface area contributed by atoms with Gasteiger partial charge < -0.3 is 10.1 Å². The van der Waals surface area contributed by atoms with Crippen molar-refractivity contribution in [2.24, 2.45) is 5.92 Å². The molecule has 23 heavy (non-hydrogen) atoms. The van der Waals surface area contributed by atoms with Crippen molar-refractivity contribution >= 4 is 33.5 Å². The van der Waals surface area contributed by atoms with Crippen LogP contribution in [-0.4, -0.2) is 43.0 Å². The molecule has 1 atom stereocenters. The van der Waals surface area contributed by atoms with E-state index in [-0.39, 0.29) is 23.5 Å². The summed E-state index contributed by atoms with van der Waals surface area (Å²) in [5.41, 5.74) is 0.162. The van der Waals surface area contributed by atoms with Crippen molar-refractivity contribution < 1.29 is 18.7 Å². The van der Waals surface area contributed by atoms with Gasteiger partial charge in [0, 0.05) is 4.47 Å². The first-order valence-corrected chi connectivity index (χ1v) is 8.29. The normalized spacial score (nSPS) is 17.6. The predicted octanol–water partition coefficient (Wildman–Crippen LogP) is 2.80. The number of likely N-dealkylation sites (tertiary alicyclic amines) is 1. The molecule has 1 aromatic carbocycles. The third-order valence-corrected chi connectivity index (χ3v) is 4.67. The number of ether oxygens (including phenoxy) is 1. The standard InChI is InChI=1S/C16H20BrFN2O3/c1-10(20-7-5-11(6-8-20)16(22)23-2)15(21)19-14-4-3-12(17)9-13(14)18/h3-4,9-11H,5-8H2,1-2H3,(H,19,21). The Hall–Kier alpha value is -1.47. The second kappa shape index (κ2) is 7.88. The van der Waals surface area contributed by atoms with Crippen molar-refractivity contribution in [2.45, 2.75) is 25.8 Å². The Kier molecular flexibility index (Phi) is 6.12. The second-order valence-electron chi connectivity index (χ2n) is 5.62. The molecule has 0 radical (unpaired) electrons. The molecule has 1 aliphatic heterocycles. The Bertz CT molecular complexity index is 589. The Labute approximate surface area is 143 Å². The Morgan fingerprint density at radius 2 is 2.04 bits per heavy atom. The molecule has 1 unspecified atom stereocenters. The maximum absolute atomic E-state index is 13.8. The predicted molar refractivity (Wildman–Crippen MR) is 88.5 cm³/mol. The van der Waals surface area contributed by atoms with Gasteiger partial charge in [-0.05, 0) is 51.1 Å². The summed E-state index contributed by atoms with van der Waals surface area (Å²) in [4.78, 5) is 25.8. The first kappa shape index (κ1) is 17.9. The van der Waals surface area contributed by atoms with Crippen LogP contribution in [0.25, 0.3) is 0 Å². The molecule has 1 aromatic rings. The van der Waals surface area contributed by atoms with Crippen molar-refractivity contribution in [2.75, 3.05) is 25.5 Å². The number of methoxy groups -OCH3 is 1. The topological polar surface area (TPSA) is 58.6 Å². The molecule has 0 saturated carbocycles. The number of benzene rings is 1. The number of amides is 1. The van der Waals surface area contributed by atoms with E-state index in [1.807, 2.05) is 4.90 Å². The minimum atomic E-state index is -0.482. The number of hydrogen-bond acceptors (Lipinski definition) is 4. The van der Waals surface area contributed by atoms with Gasteiger partial charge in [0.05, 0.1) is 24.8 Å². The first-order valence-electron chi connectivity index (χ1n) is 7.50.